The average molecular weight is 593 g/mol. The van der Waals surface area contributed by atoms with Crippen LogP contribution in [0.4, 0.5) is 16.2 Å². The Balaban J connectivity index is 1.32. The Morgan fingerprint density at radius 1 is 0.932 bits per heavy atom. The molecular weight excluding hydrogens is 552 g/mol. The zero-order valence-electron chi connectivity index (χ0n) is 25.4. The van der Waals surface area contributed by atoms with E-state index in [1.54, 1.807) is 35.2 Å². The molecule has 0 saturated carbocycles. The molecule has 4 aromatic rings. The number of para-hydroxylation sites is 1. The van der Waals surface area contributed by atoms with Gasteiger partial charge in [0.05, 0.1) is 18.2 Å². The van der Waals surface area contributed by atoms with Crippen molar-refractivity contribution in [2.75, 3.05) is 37.4 Å². The number of nitrogens with one attached hydrogen (secondary N) is 2. The van der Waals surface area contributed by atoms with Crippen LogP contribution in [0, 0.1) is 5.92 Å². The molecule has 5 rings (SSSR count). The minimum absolute atomic E-state index is 0.00143. The van der Waals surface area contributed by atoms with Crippen molar-refractivity contribution in [2.24, 2.45) is 5.92 Å². The van der Waals surface area contributed by atoms with Gasteiger partial charge >= 0.3 is 6.03 Å². The number of hydrogen-bond acceptors (Lipinski definition) is 5. The number of nitrogens with zero attached hydrogens (tertiary/aromatic N) is 2. The molecule has 3 atom stereocenters. The molecule has 0 unspecified atom stereocenters. The Bertz CT molecular complexity index is 1550. The van der Waals surface area contributed by atoms with Gasteiger partial charge in [-0.05, 0) is 61.0 Å². The van der Waals surface area contributed by atoms with Crippen LogP contribution >= 0.6 is 0 Å². The number of amides is 3. The predicted octanol–water partition coefficient (Wildman–Crippen LogP) is 6.35. The molecule has 44 heavy (non-hydrogen) atoms. The molecule has 1 heterocycles. The zero-order valence-corrected chi connectivity index (χ0v) is 25.4. The number of carbonyl (C=O) groups is 2. The largest absolute Gasteiger partial charge is 0.488 e. The summed E-state index contributed by atoms with van der Waals surface area (Å²) in [7, 11) is 2.07. The van der Waals surface area contributed by atoms with Crippen LogP contribution in [0.5, 0.6) is 5.75 Å². The zero-order chi connectivity index (χ0) is 31.1. The molecule has 1 aliphatic rings. The molecular formula is C36H40N4O4. The van der Waals surface area contributed by atoms with E-state index in [-0.39, 0.29) is 30.6 Å². The van der Waals surface area contributed by atoms with Gasteiger partial charge in [0.15, 0.2) is 0 Å². The second-order valence-corrected chi connectivity index (χ2v) is 11.5. The van der Waals surface area contributed by atoms with Crippen LogP contribution in [-0.4, -0.2) is 65.7 Å². The van der Waals surface area contributed by atoms with Crippen LogP contribution in [0.1, 0.15) is 29.8 Å². The van der Waals surface area contributed by atoms with Crippen LogP contribution in [0.3, 0.4) is 0 Å². The summed E-state index contributed by atoms with van der Waals surface area (Å²) in [6, 6.07) is 32.4. The summed E-state index contributed by atoms with van der Waals surface area (Å²) < 4.78 is 6.54. The molecule has 0 aliphatic carbocycles. The molecule has 0 spiro atoms. The van der Waals surface area contributed by atoms with Crippen LogP contribution in [0.25, 0.3) is 11.1 Å². The normalized spacial score (nSPS) is 17.2. The van der Waals surface area contributed by atoms with Crippen LogP contribution in [0.2, 0.25) is 0 Å². The molecule has 0 saturated heterocycles. The van der Waals surface area contributed by atoms with Crippen LogP contribution in [-0.2, 0) is 6.54 Å². The van der Waals surface area contributed by atoms with Crippen molar-refractivity contribution in [3.63, 3.8) is 0 Å². The fourth-order valence-corrected chi connectivity index (χ4v) is 5.45. The summed E-state index contributed by atoms with van der Waals surface area (Å²) in [5.74, 6) is 0.209. The summed E-state index contributed by atoms with van der Waals surface area (Å²) in [5, 5.41) is 15.6. The van der Waals surface area contributed by atoms with E-state index in [4.69, 9.17) is 4.74 Å². The Labute approximate surface area is 259 Å². The first kappa shape index (κ1) is 30.8. The number of likely N-dealkylation sites (N-methyl/N-ethyl adjacent to an activating group) is 1. The van der Waals surface area contributed by atoms with Gasteiger partial charge in [0, 0.05) is 36.9 Å². The average Bonchev–Trinajstić information content (AvgIpc) is 3.04. The minimum Gasteiger partial charge on any atom is -0.488 e. The van der Waals surface area contributed by atoms with Gasteiger partial charge in [-0.2, -0.15) is 0 Å². The lowest BCUT2D eigenvalue weighted by molar-refractivity contribution is 0.0341. The molecule has 8 nitrogen and oxygen atoms in total. The quantitative estimate of drug-likeness (QED) is 0.211. The van der Waals surface area contributed by atoms with Gasteiger partial charge < -0.3 is 25.4 Å². The molecule has 8 heteroatoms. The molecule has 3 amide bonds. The van der Waals surface area contributed by atoms with Gasteiger partial charge in [0.1, 0.15) is 11.9 Å². The monoisotopic (exact) mass is 592 g/mol. The summed E-state index contributed by atoms with van der Waals surface area (Å²) in [5.41, 5.74) is 5.03. The third kappa shape index (κ3) is 7.64. The van der Waals surface area contributed by atoms with E-state index in [1.165, 1.54) is 16.7 Å². The number of carbonyl (C=O) groups excluding carboxylic acids is 2. The number of fused-ring (bicyclic) bond motifs is 1. The van der Waals surface area contributed by atoms with Crippen molar-refractivity contribution in [1.82, 2.24) is 9.80 Å². The SMILES string of the molecule is C[C@@H]1CN([C@H](C)CO)C(=O)c2cc(NC(=O)Nc3ccccc3)ccc2O[C@H]1CN(C)Cc1ccc(-c2ccccc2)cc1. The van der Waals surface area contributed by atoms with Crippen molar-refractivity contribution in [2.45, 2.75) is 32.5 Å². The van der Waals surface area contributed by atoms with E-state index in [9.17, 15) is 14.7 Å². The number of anilines is 2. The van der Waals surface area contributed by atoms with E-state index in [0.717, 1.165) is 6.54 Å². The highest BCUT2D eigenvalue weighted by molar-refractivity contribution is 6.02. The maximum atomic E-state index is 13.8. The molecule has 228 valence electrons. The smallest absolute Gasteiger partial charge is 0.323 e. The van der Waals surface area contributed by atoms with Crippen LogP contribution < -0.4 is 15.4 Å². The van der Waals surface area contributed by atoms with E-state index in [2.05, 4.69) is 65.9 Å². The molecule has 1 aliphatic heterocycles. The lowest BCUT2D eigenvalue weighted by atomic mass is 9.99. The van der Waals surface area contributed by atoms with Crippen molar-refractivity contribution < 1.29 is 19.4 Å². The third-order valence-corrected chi connectivity index (χ3v) is 7.96. The lowest BCUT2D eigenvalue weighted by Gasteiger charge is -2.38. The van der Waals surface area contributed by atoms with E-state index in [1.807, 2.05) is 43.3 Å². The maximum Gasteiger partial charge on any atom is 0.323 e. The molecule has 0 aromatic heterocycles. The number of benzene rings is 4. The van der Waals surface area contributed by atoms with Crippen molar-refractivity contribution in [1.29, 1.82) is 0 Å². The predicted molar refractivity (Wildman–Crippen MR) is 175 cm³/mol. The number of aliphatic hydroxyl groups excluding tert-OH is 1. The maximum absolute atomic E-state index is 13.8. The molecule has 0 fully saturated rings. The second kappa shape index (κ2) is 14.2. The third-order valence-electron chi connectivity index (χ3n) is 7.96. The molecule has 3 N–H and O–H groups in total. The number of hydrogen-bond donors (Lipinski definition) is 3. The van der Waals surface area contributed by atoms with E-state index >= 15 is 0 Å². The van der Waals surface area contributed by atoms with Gasteiger partial charge in [0.25, 0.3) is 5.91 Å². The highest BCUT2D eigenvalue weighted by Crippen LogP contribution is 2.31. The number of urea groups is 1. The molecule has 0 bridgehead atoms. The van der Waals surface area contributed by atoms with Gasteiger partial charge in [-0.25, -0.2) is 4.79 Å². The standard InChI is InChI=1S/C36H40N4O4/c1-25-21-40(26(2)24-41)35(42)32-20-31(38-36(43)37-30-12-8-5-9-13-30)18-19-33(32)44-34(25)23-39(3)22-27-14-16-29(17-15-27)28-10-6-4-7-11-28/h4-20,25-26,34,41H,21-24H2,1-3H3,(H2,37,38,43)/t25-,26-,34+/m1/s1. The van der Waals surface area contributed by atoms with Crippen molar-refractivity contribution >= 4 is 23.3 Å². The fourth-order valence-electron chi connectivity index (χ4n) is 5.45. The first-order valence-corrected chi connectivity index (χ1v) is 15.0. The summed E-state index contributed by atoms with van der Waals surface area (Å²) in [6.45, 7) is 5.56. The summed E-state index contributed by atoms with van der Waals surface area (Å²) >= 11 is 0. The first-order chi connectivity index (χ1) is 21.3. The topological polar surface area (TPSA) is 94.1 Å². The summed E-state index contributed by atoms with van der Waals surface area (Å²) in [4.78, 5) is 30.3. The van der Waals surface area contributed by atoms with Crippen molar-refractivity contribution in [3.05, 3.63) is 114 Å². The van der Waals surface area contributed by atoms with Crippen LogP contribution in [0.15, 0.2) is 103 Å². The van der Waals surface area contributed by atoms with E-state index in [0.29, 0.717) is 35.8 Å². The number of aliphatic hydroxyl groups is 1. The van der Waals surface area contributed by atoms with Gasteiger partial charge in [0.2, 0.25) is 0 Å². The van der Waals surface area contributed by atoms with Gasteiger partial charge in [-0.1, -0.05) is 79.7 Å². The second-order valence-electron chi connectivity index (χ2n) is 11.5. The number of rotatable bonds is 9. The Morgan fingerprint density at radius 2 is 1.57 bits per heavy atom. The number of ether oxygens (including phenoxy) is 1. The molecule has 0 radical (unpaired) electrons. The van der Waals surface area contributed by atoms with E-state index < -0.39 is 6.03 Å². The first-order valence-electron chi connectivity index (χ1n) is 15.0. The Morgan fingerprint density at radius 3 is 2.25 bits per heavy atom. The molecule has 4 aromatic carbocycles. The van der Waals surface area contributed by atoms with Gasteiger partial charge in [-0.3, -0.25) is 9.69 Å². The highest BCUT2D eigenvalue weighted by atomic mass is 16.5. The lowest BCUT2D eigenvalue weighted by Crippen LogP contribution is -2.49. The Hall–Kier alpha value is -4.66. The van der Waals surface area contributed by atoms with Crippen molar-refractivity contribution in [3.8, 4) is 16.9 Å². The van der Waals surface area contributed by atoms with Gasteiger partial charge in [-0.15, -0.1) is 0 Å². The highest BCUT2D eigenvalue weighted by Gasteiger charge is 2.33. The summed E-state index contributed by atoms with van der Waals surface area (Å²) in [6.07, 6.45) is -0.218. The Kier molecular flexibility index (Phi) is 9.94. The minimum atomic E-state index is -0.416. The fraction of sp³-hybridized carbons (Fsp3) is 0.278.